The molecule has 1 saturated carbocycles. The summed E-state index contributed by atoms with van der Waals surface area (Å²) in [7, 11) is 0. The first-order valence-corrected chi connectivity index (χ1v) is 6.11. The van der Waals surface area contributed by atoms with E-state index >= 15 is 0 Å². The molecule has 1 aliphatic carbocycles. The quantitative estimate of drug-likeness (QED) is 0.758. The number of Topliss-reactive ketones (excluding diaryl/α,β-unsaturated/α-hetero) is 1. The molecule has 17 heavy (non-hydrogen) atoms. The van der Waals surface area contributed by atoms with E-state index in [4.69, 9.17) is 9.47 Å². The van der Waals surface area contributed by atoms with Gasteiger partial charge in [0.15, 0.2) is 5.78 Å². The molecule has 0 aromatic heterocycles. The number of ether oxygens (including phenoxy) is 2. The van der Waals surface area contributed by atoms with E-state index in [0.29, 0.717) is 19.6 Å². The summed E-state index contributed by atoms with van der Waals surface area (Å²) in [6.07, 6.45) is 1.02. The van der Waals surface area contributed by atoms with Crippen LogP contribution >= 0.6 is 0 Å². The van der Waals surface area contributed by atoms with Crippen LogP contribution in [0.4, 0.5) is 0 Å². The molecule has 0 aliphatic heterocycles. The Bertz CT molecular complexity index is 361. The van der Waals surface area contributed by atoms with Crippen LogP contribution in [0.3, 0.4) is 0 Å². The Kier molecular flexibility index (Phi) is 4.29. The molecule has 1 aliphatic rings. The number of benzene rings is 1. The molecule has 0 bridgehead atoms. The van der Waals surface area contributed by atoms with Crippen LogP contribution in [0.1, 0.15) is 25.3 Å². The molecule has 1 aromatic rings. The molecule has 2 rings (SSSR count). The molecule has 92 valence electrons. The fourth-order valence-corrected chi connectivity index (χ4v) is 1.84. The van der Waals surface area contributed by atoms with Gasteiger partial charge in [-0.1, -0.05) is 37.3 Å². The highest BCUT2D eigenvalue weighted by molar-refractivity contribution is 5.90. The maximum atomic E-state index is 11.4. The maximum Gasteiger partial charge on any atom is 0.166 e. The third kappa shape index (κ3) is 3.14. The van der Waals surface area contributed by atoms with Crippen LogP contribution < -0.4 is 0 Å². The predicted octanol–water partition coefficient (Wildman–Crippen LogP) is 2.34. The topological polar surface area (TPSA) is 35.5 Å². The fourth-order valence-electron chi connectivity index (χ4n) is 1.84. The summed E-state index contributed by atoms with van der Waals surface area (Å²) in [6.45, 7) is 3.20. The highest BCUT2D eigenvalue weighted by Gasteiger charge is 2.41. The van der Waals surface area contributed by atoms with Gasteiger partial charge in [0.25, 0.3) is 0 Å². The second-order valence-corrected chi connectivity index (χ2v) is 4.30. The first-order valence-electron chi connectivity index (χ1n) is 6.11. The minimum atomic E-state index is -0.335. The monoisotopic (exact) mass is 234 g/mol. The lowest BCUT2D eigenvalue weighted by Crippen LogP contribution is -2.50. The van der Waals surface area contributed by atoms with E-state index < -0.39 is 0 Å². The smallest absolute Gasteiger partial charge is 0.166 e. The number of hydrogen-bond acceptors (Lipinski definition) is 3. The molecule has 0 spiro atoms. The third-order valence-electron chi connectivity index (χ3n) is 2.87. The van der Waals surface area contributed by atoms with Crippen molar-refractivity contribution in [1.29, 1.82) is 0 Å². The Morgan fingerprint density at radius 1 is 1.24 bits per heavy atom. The minimum Gasteiger partial charge on any atom is -0.370 e. The first-order chi connectivity index (χ1) is 8.31. The van der Waals surface area contributed by atoms with Crippen LogP contribution in [0.15, 0.2) is 30.3 Å². The Morgan fingerprint density at radius 3 is 2.65 bits per heavy atom. The molecule has 2 atom stereocenters. The van der Waals surface area contributed by atoms with Crippen LogP contribution in [0.2, 0.25) is 0 Å². The first kappa shape index (κ1) is 12.3. The summed E-state index contributed by atoms with van der Waals surface area (Å²) in [4.78, 5) is 11.4. The molecular weight excluding hydrogens is 216 g/mol. The van der Waals surface area contributed by atoms with E-state index in [2.05, 4.69) is 0 Å². The summed E-state index contributed by atoms with van der Waals surface area (Å²) < 4.78 is 11.2. The zero-order valence-corrected chi connectivity index (χ0v) is 10.1. The molecule has 1 aromatic carbocycles. The summed E-state index contributed by atoms with van der Waals surface area (Å²) in [6, 6.07) is 9.97. The van der Waals surface area contributed by atoms with Crippen LogP contribution in [-0.2, 0) is 20.9 Å². The fraction of sp³-hybridized carbons (Fsp3) is 0.500. The van der Waals surface area contributed by atoms with E-state index in [1.807, 2.05) is 37.3 Å². The average Bonchev–Trinajstić information content (AvgIpc) is 2.36. The number of carbonyl (C=O) groups excluding carboxylic acids is 1. The maximum absolute atomic E-state index is 11.4. The van der Waals surface area contributed by atoms with Gasteiger partial charge in [0.05, 0.1) is 12.7 Å². The highest BCUT2D eigenvalue weighted by Crippen LogP contribution is 2.24. The normalized spacial score (nSPS) is 23.5. The van der Waals surface area contributed by atoms with Crippen molar-refractivity contribution in [2.45, 2.75) is 38.6 Å². The zero-order valence-electron chi connectivity index (χ0n) is 10.1. The Hall–Kier alpha value is -1.19. The summed E-state index contributed by atoms with van der Waals surface area (Å²) in [5.41, 5.74) is 1.13. The molecule has 0 saturated heterocycles. The van der Waals surface area contributed by atoms with Crippen LogP contribution in [0.5, 0.6) is 0 Å². The molecule has 0 amide bonds. The highest BCUT2D eigenvalue weighted by atomic mass is 16.5. The standard InChI is InChI=1S/C14H18O3/c1-2-8-16-14-12(15)9-13(14)17-10-11-6-4-3-5-7-11/h3-7,13-14H,2,8-10H2,1H3. The lowest BCUT2D eigenvalue weighted by atomic mass is 9.90. The van der Waals surface area contributed by atoms with Crippen molar-refractivity contribution in [3.8, 4) is 0 Å². The van der Waals surface area contributed by atoms with E-state index in [1.165, 1.54) is 0 Å². The van der Waals surface area contributed by atoms with Crippen molar-refractivity contribution in [2.24, 2.45) is 0 Å². The molecule has 0 heterocycles. The van der Waals surface area contributed by atoms with Gasteiger partial charge in [-0.05, 0) is 12.0 Å². The van der Waals surface area contributed by atoms with Gasteiger partial charge in [-0.25, -0.2) is 0 Å². The van der Waals surface area contributed by atoms with Crippen molar-refractivity contribution in [2.75, 3.05) is 6.61 Å². The van der Waals surface area contributed by atoms with Crippen molar-refractivity contribution < 1.29 is 14.3 Å². The predicted molar refractivity (Wildman–Crippen MR) is 64.7 cm³/mol. The Morgan fingerprint density at radius 2 is 2.00 bits per heavy atom. The van der Waals surface area contributed by atoms with Gasteiger partial charge in [-0.15, -0.1) is 0 Å². The lowest BCUT2D eigenvalue weighted by molar-refractivity contribution is -0.167. The van der Waals surface area contributed by atoms with E-state index in [9.17, 15) is 4.79 Å². The number of rotatable bonds is 6. The van der Waals surface area contributed by atoms with Crippen LogP contribution in [-0.4, -0.2) is 24.6 Å². The summed E-state index contributed by atoms with van der Waals surface area (Å²) in [5, 5.41) is 0. The Labute approximate surface area is 102 Å². The van der Waals surface area contributed by atoms with Gasteiger partial charge in [0, 0.05) is 13.0 Å². The molecule has 0 radical (unpaired) electrons. The van der Waals surface area contributed by atoms with Crippen molar-refractivity contribution >= 4 is 5.78 Å². The second kappa shape index (κ2) is 5.94. The zero-order chi connectivity index (χ0) is 12.1. The third-order valence-corrected chi connectivity index (χ3v) is 2.87. The van der Waals surface area contributed by atoms with Crippen molar-refractivity contribution in [3.05, 3.63) is 35.9 Å². The molecule has 2 unspecified atom stereocenters. The number of hydrogen-bond donors (Lipinski definition) is 0. The largest absolute Gasteiger partial charge is 0.370 e. The molecular formula is C14H18O3. The second-order valence-electron chi connectivity index (χ2n) is 4.30. The van der Waals surface area contributed by atoms with Gasteiger partial charge in [-0.2, -0.15) is 0 Å². The summed E-state index contributed by atoms with van der Waals surface area (Å²) >= 11 is 0. The minimum absolute atomic E-state index is 0.0609. The van der Waals surface area contributed by atoms with Gasteiger partial charge in [0.1, 0.15) is 6.10 Å². The molecule has 1 fully saturated rings. The van der Waals surface area contributed by atoms with E-state index in [0.717, 1.165) is 12.0 Å². The number of carbonyl (C=O) groups is 1. The number of ketones is 1. The van der Waals surface area contributed by atoms with Gasteiger partial charge < -0.3 is 9.47 Å². The van der Waals surface area contributed by atoms with Gasteiger partial charge in [0.2, 0.25) is 0 Å². The van der Waals surface area contributed by atoms with E-state index in [1.54, 1.807) is 0 Å². The van der Waals surface area contributed by atoms with E-state index in [-0.39, 0.29) is 18.0 Å². The van der Waals surface area contributed by atoms with Gasteiger partial charge >= 0.3 is 0 Å². The van der Waals surface area contributed by atoms with Crippen molar-refractivity contribution in [1.82, 2.24) is 0 Å². The molecule has 3 nitrogen and oxygen atoms in total. The lowest BCUT2D eigenvalue weighted by Gasteiger charge is -2.34. The average molecular weight is 234 g/mol. The summed E-state index contributed by atoms with van der Waals surface area (Å²) in [5.74, 6) is 0.163. The van der Waals surface area contributed by atoms with Crippen LogP contribution in [0, 0.1) is 0 Å². The van der Waals surface area contributed by atoms with Crippen molar-refractivity contribution in [3.63, 3.8) is 0 Å². The van der Waals surface area contributed by atoms with Crippen LogP contribution in [0.25, 0.3) is 0 Å². The Balaban J connectivity index is 1.78. The molecule has 0 N–H and O–H groups in total. The molecule has 3 heteroatoms. The van der Waals surface area contributed by atoms with Gasteiger partial charge in [-0.3, -0.25) is 4.79 Å². The SMILES string of the molecule is CCCOC1C(=O)CC1OCc1ccccc1.